The van der Waals surface area contributed by atoms with E-state index in [1.54, 1.807) is 6.92 Å². The van der Waals surface area contributed by atoms with Crippen molar-refractivity contribution >= 4 is 11.6 Å². The summed E-state index contributed by atoms with van der Waals surface area (Å²) in [6, 6.07) is 0. The Morgan fingerprint density at radius 2 is 2.12 bits per heavy atom. The largest absolute Gasteiger partial charge is 0.396 e. The van der Waals surface area contributed by atoms with Crippen LogP contribution in [0.2, 0.25) is 0 Å². The molecule has 0 bridgehead atoms. The first-order chi connectivity index (χ1) is 3.68. The number of rotatable bonds is 3. The molecule has 0 heterocycles. The molecule has 0 fully saturated rings. The van der Waals surface area contributed by atoms with Gasteiger partial charge in [-0.25, -0.2) is 0 Å². The quantitative estimate of drug-likeness (QED) is 0.553. The van der Waals surface area contributed by atoms with Gasteiger partial charge in [0.15, 0.2) is 0 Å². The van der Waals surface area contributed by atoms with Crippen molar-refractivity contribution in [2.45, 2.75) is 24.8 Å². The number of halogens is 1. The highest BCUT2D eigenvalue weighted by Gasteiger charge is 2.08. The first-order valence-electron chi connectivity index (χ1n) is 2.61. The minimum atomic E-state index is -0.568. The first-order valence-corrected chi connectivity index (χ1v) is 3.05. The van der Waals surface area contributed by atoms with E-state index in [1.165, 1.54) is 0 Å². The van der Waals surface area contributed by atoms with Gasteiger partial charge in [-0.05, 0) is 13.3 Å². The standard InChI is InChI=1S/C5H11ClO2/c1-4(6)5(8)2-3-7/h4-5,7-8H,2-3H2,1H3/t4?,5-/m1/s1. The van der Waals surface area contributed by atoms with E-state index in [2.05, 4.69) is 0 Å². The van der Waals surface area contributed by atoms with Crippen molar-refractivity contribution in [3.05, 3.63) is 0 Å². The third-order valence-corrected chi connectivity index (χ3v) is 1.25. The Balaban J connectivity index is 3.17. The minimum Gasteiger partial charge on any atom is -0.396 e. The van der Waals surface area contributed by atoms with Gasteiger partial charge in [0, 0.05) is 6.61 Å². The Morgan fingerprint density at radius 1 is 1.62 bits per heavy atom. The highest BCUT2D eigenvalue weighted by atomic mass is 35.5. The Bertz CT molecular complexity index is 56.4. The zero-order chi connectivity index (χ0) is 6.57. The Labute approximate surface area is 54.1 Å². The number of aliphatic hydroxyl groups is 2. The van der Waals surface area contributed by atoms with Gasteiger partial charge < -0.3 is 10.2 Å². The van der Waals surface area contributed by atoms with Gasteiger partial charge in [-0.3, -0.25) is 0 Å². The molecule has 3 heteroatoms. The molecular formula is C5H11ClO2. The van der Waals surface area contributed by atoms with Crippen LogP contribution in [0.5, 0.6) is 0 Å². The Morgan fingerprint density at radius 3 is 2.25 bits per heavy atom. The van der Waals surface area contributed by atoms with Gasteiger partial charge in [0.2, 0.25) is 0 Å². The van der Waals surface area contributed by atoms with Crippen LogP contribution in [0, 0.1) is 0 Å². The minimum absolute atomic E-state index is 0.00176. The van der Waals surface area contributed by atoms with Crippen molar-refractivity contribution in [2.75, 3.05) is 6.61 Å². The molecule has 8 heavy (non-hydrogen) atoms. The predicted molar refractivity (Wildman–Crippen MR) is 33.0 cm³/mol. The van der Waals surface area contributed by atoms with Crippen LogP contribution in [-0.4, -0.2) is 28.3 Å². The molecule has 0 radical (unpaired) electrons. The fourth-order valence-corrected chi connectivity index (χ4v) is 0.488. The van der Waals surface area contributed by atoms with Crippen LogP contribution in [0.15, 0.2) is 0 Å². The van der Waals surface area contributed by atoms with Gasteiger partial charge in [0.25, 0.3) is 0 Å². The third kappa shape index (κ3) is 3.24. The van der Waals surface area contributed by atoms with E-state index in [1.807, 2.05) is 0 Å². The number of aliphatic hydroxyl groups excluding tert-OH is 2. The predicted octanol–water partition coefficient (Wildman–Crippen LogP) is 0.357. The van der Waals surface area contributed by atoms with Crippen molar-refractivity contribution in [3.63, 3.8) is 0 Å². The van der Waals surface area contributed by atoms with Gasteiger partial charge >= 0.3 is 0 Å². The summed E-state index contributed by atoms with van der Waals surface area (Å²) in [6.45, 7) is 1.69. The van der Waals surface area contributed by atoms with Crippen molar-refractivity contribution in [1.82, 2.24) is 0 Å². The van der Waals surface area contributed by atoms with Crippen molar-refractivity contribution in [3.8, 4) is 0 Å². The second-order valence-electron chi connectivity index (χ2n) is 1.76. The molecule has 50 valence electrons. The molecule has 0 aromatic rings. The van der Waals surface area contributed by atoms with Gasteiger partial charge in [-0.2, -0.15) is 0 Å². The highest BCUT2D eigenvalue weighted by Crippen LogP contribution is 2.03. The Hall–Kier alpha value is 0.210. The summed E-state index contributed by atoms with van der Waals surface area (Å²) in [6.07, 6.45) is -0.202. The summed E-state index contributed by atoms with van der Waals surface area (Å²) in [5.41, 5.74) is 0. The number of alkyl halides is 1. The molecule has 0 spiro atoms. The summed E-state index contributed by atoms with van der Waals surface area (Å²) >= 11 is 5.45. The van der Waals surface area contributed by atoms with E-state index in [0.29, 0.717) is 6.42 Å². The zero-order valence-corrected chi connectivity index (χ0v) is 5.60. The summed E-state index contributed by atoms with van der Waals surface area (Å²) in [7, 11) is 0. The molecule has 0 aliphatic rings. The van der Waals surface area contributed by atoms with Crippen LogP contribution in [0.25, 0.3) is 0 Å². The molecule has 0 saturated carbocycles. The first kappa shape index (κ1) is 8.21. The molecule has 0 aliphatic carbocycles. The molecule has 2 nitrogen and oxygen atoms in total. The number of hydrogen-bond acceptors (Lipinski definition) is 2. The molecule has 0 saturated heterocycles. The maximum absolute atomic E-state index is 8.83. The van der Waals surface area contributed by atoms with Crippen molar-refractivity contribution in [2.24, 2.45) is 0 Å². The average molecular weight is 139 g/mol. The van der Waals surface area contributed by atoms with Gasteiger partial charge in [-0.1, -0.05) is 0 Å². The lowest BCUT2D eigenvalue weighted by molar-refractivity contribution is 0.132. The van der Waals surface area contributed by atoms with Crippen LogP contribution < -0.4 is 0 Å². The molecular weight excluding hydrogens is 128 g/mol. The third-order valence-electron chi connectivity index (χ3n) is 0.955. The van der Waals surface area contributed by atoms with Crippen LogP contribution in [-0.2, 0) is 0 Å². The van der Waals surface area contributed by atoms with E-state index in [0.717, 1.165) is 0 Å². The summed E-state index contributed by atoms with van der Waals surface area (Å²) in [5.74, 6) is 0. The normalized spacial score (nSPS) is 18.0. The van der Waals surface area contributed by atoms with E-state index >= 15 is 0 Å². The average Bonchev–Trinajstić information content (AvgIpc) is 1.67. The zero-order valence-electron chi connectivity index (χ0n) is 4.84. The molecule has 0 aliphatic heterocycles. The Kier molecular flexibility index (Phi) is 4.23. The van der Waals surface area contributed by atoms with Crippen molar-refractivity contribution < 1.29 is 10.2 Å². The molecule has 0 rings (SSSR count). The van der Waals surface area contributed by atoms with E-state index < -0.39 is 6.10 Å². The summed E-state index contributed by atoms with van der Waals surface area (Å²) in [4.78, 5) is 0. The van der Waals surface area contributed by atoms with Gasteiger partial charge in [0.1, 0.15) is 0 Å². The monoisotopic (exact) mass is 138 g/mol. The van der Waals surface area contributed by atoms with E-state index in [-0.39, 0.29) is 12.0 Å². The molecule has 0 aromatic carbocycles. The fourth-order valence-electron chi connectivity index (χ4n) is 0.362. The number of hydrogen-bond donors (Lipinski definition) is 2. The molecule has 2 atom stereocenters. The van der Waals surface area contributed by atoms with Gasteiger partial charge in [0.05, 0.1) is 11.5 Å². The van der Waals surface area contributed by atoms with Crippen LogP contribution in [0.3, 0.4) is 0 Å². The molecule has 0 aromatic heterocycles. The highest BCUT2D eigenvalue weighted by molar-refractivity contribution is 6.20. The summed E-state index contributed by atoms with van der Waals surface area (Å²) in [5, 5.41) is 16.8. The lowest BCUT2D eigenvalue weighted by atomic mass is 10.2. The van der Waals surface area contributed by atoms with Crippen molar-refractivity contribution in [1.29, 1.82) is 0 Å². The van der Waals surface area contributed by atoms with Crippen LogP contribution >= 0.6 is 11.6 Å². The molecule has 1 unspecified atom stereocenters. The maximum Gasteiger partial charge on any atom is 0.0722 e. The summed E-state index contributed by atoms with van der Waals surface area (Å²) < 4.78 is 0. The fraction of sp³-hybridized carbons (Fsp3) is 1.00. The smallest absolute Gasteiger partial charge is 0.0722 e. The SMILES string of the molecule is CC(Cl)[C@H](O)CCO. The lowest BCUT2D eigenvalue weighted by Gasteiger charge is -2.09. The second kappa shape index (κ2) is 4.13. The van der Waals surface area contributed by atoms with Gasteiger partial charge in [-0.15, -0.1) is 11.6 Å². The topological polar surface area (TPSA) is 40.5 Å². The van der Waals surface area contributed by atoms with E-state index in [4.69, 9.17) is 21.8 Å². The maximum atomic E-state index is 8.83. The van der Waals surface area contributed by atoms with E-state index in [9.17, 15) is 0 Å². The van der Waals surface area contributed by atoms with Crippen LogP contribution in [0.1, 0.15) is 13.3 Å². The molecule has 2 N–H and O–H groups in total. The molecule has 0 amide bonds. The second-order valence-corrected chi connectivity index (χ2v) is 2.45. The lowest BCUT2D eigenvalue weighted by Crippen LogP contribution is -2.18. The van der Waals surface area contributed by atoms with Crippen LogP contribution in [0.4, 0.5) is 0 Å².